The van der Waals surface area contributed by atoms with Crippen LogP contribution in [0.2, 0.25) is 0 Å². The highest BCUT2D eigenvalue weighted by Crippen LogP contribution is 2.34. The molecule has 1 fully saturated rings. The third-order valence-corrected chi connectivity index (χ3v) is 3.74. The second-order valence-electron chi connectivity index (χ2n) is 6.61. The molecule has 0 aromatic rings. The molecule has 0 unspecified atom stereocenters. The maximum atomic E-state index is 6.27. The van der Waals surface area contributed by atoms with E-state index in [-0.39, 0.29) is 5.60 Å². The quantitative estimate of drug-likeness (QED) is 0.767. The van der Waals surface area contributed by atoms with Crippen LogP contribution in [0.25, 0.3) is 0 Å². The summed E-state index contributed by atoms with van der Waals surface area (Å²) in [4.78, 5) is 0. The van der Waals surface area contributed by atoms with Crippen molar-refractivity contribution in [1.82, 2.24) is 5.32 Å². The lowest BCUT2D eigenvalue weighted by Gasteiger charge is -2.40. The van der Waals surface area contributed by atoms with Crippen molar-refractivity contribution in [2.75, 3.05) is 13.2 Å². The van der Waals surface area contributed by atoms with Crippen LogP contribution in [0.15, 0.2) is 0 Å². The Morgan fingerprint density at radius 2 is 1.76 bits per heavy atom. The van der Waals surface area contributed by atoms with E-state index in [4.69, 9.17) is 4.74 Å². The molecule has 0 atom stereocenters. The van der Waals surface area contributed by atoms with Crippen LogP contribution in [0, 0.1) is 11.8 Å². The predicted octanol–water partition coefficient (Wildman–Crippen LogP) is 3.61. The first-order valence-corrected chi connectivity index (χ1v) is 7.31. The van der Waals surface area contributed by atoms with E-state index < -0.39 is 0 Å². The molecule has 1 rings (SSSR count). The molecule has 0 aromatic carbocycles. The summed E-state index contributed by atoms with van der Waals surface area (Å²) in [5.41, 5.74) is 0.112. The van der Waals surface area contributed by atoms with E-state index in [1.54, 1.807) is 0 Å². The number of hydrogen-bond acceptors (Lipinski definition) is 2. The Bertz CT molecular complexity index is 191. The SMILES string of the molecule is CC(C)COC1(CNC(C)C)CCC(C)CC1. The number of rotatable bonds is 6. The van der Waals surface area contributed by atoms with Crippen LogP contribution in [0.1, 0.15) is 60.3 Å². The fraction of sp³-hybridized carbons (Fsp3) is 1.00. The van der Waals surface area contributed by atoms with Gasteiger partial charge >= 0.3 is 0 Å². The number of nitrogens with one attached hydrogen (secondary N) is 1. The second kappa shape index (κ2) is 6.75. The van der Waals surface area contributed by atoms with Gasteiger partial charge in [0, 0.05) is 19.2 Å². The average molecular weight is 241 g/mol. The summed E-state index contributed by atoms with van der Waals surface area (Å²) in [5, 5.41) is 3.57. The molecule has 1 saturated carbocycles. The zero-order valence-corrected chi connectivity index (χ0v) is 12.4. The zero-order chi connectivity index (χ0) is 12.9. The second-order valence-corrected chi connectivity index (χ2v) is 6.61. The van der Waals surface area contributed by atoms with E-state index in [2.05, 4.69) is 39.9 Å². The summed E-state index contributed by atoms with van der Waals surface area (Å²) in [5.74, 6) is 1.51. The van der Waals surface area contributed by atoms with Gasteiger partial charge in [-0.2, -0.15) is 0 Å². The smallest absolute Gasteiger partial charge is 0.0806 e. The topological polar surface area (TPSA) is 21.3 Å². The summed E-state index contributed by atoms with van der Waals surface area (Å²) in [6.45, 7) is 13.2. The van der Waals surface area contributed by atoms with Crippen LogP contribution in [0.5, 0.6) is 0 Å². The first kappa shape index (κ1) is 15.0. The molecule has 0 bridgehead atoms. The highest BCUT2D eigenvalue weighted by molar-refractivity contribution is 4.89. The molecule has 1 aliphatic rings. The van der Waals surface area contributed by atoms with E-state index in [1.165, 1.54) is 25.7 Å². The highest BCUT2D eigenvalue weighted by atomic mass is 16.5. The fourth-order valence-electron chi connectivity index (χ4n) is 2.39. The molecule has 0 aromatic heterocycles. The highest BCUT2D eigenvalue weighted by Gasteiger charge is 2.35. The lowest BCUT2D eigenvalue weighted by molar-refractivity contribution is -0.0852. The Kier molecular flexibility index (Phi) is 5.94. The van der Waals surface area contributed by atoms with Crippen LogP contribution < -0.4 is 5.32 Å². The third kappa shape index (κ3) is 5.39. The fourth-order valence-corrected chi connectivity index (χ4v) is 2.39. The first-order chi connectivity index (χ1) is 7.93. The van der Waals surface area contributed by atoms with Crippen molar-refractivity contribution < 1.29 is 4.74 Å². The Labute approximate surface area is 108 Å². The molecular weight excluding hydrogens is 210 g/mol. The number of hydrogen-bond donors (Lipinski definition) is 1. The zero-order valence-electron chi connectivity index (χ0n) is 12.4. The first-order valence-electron chi connectivity index (χ1n) is 7.31. The summed E-state index contributed by atoms with van der Waals surface area (Å²) in [6.07, 6.45) is 5.08. The van der Waals surface area contributed by atoms with Gasteiger partial charge in [-0.1, -0.05) is 34.6 Å². The Morgan fingerprint density at radius 3 is 2.24 bits per heavy atom. The van der Waals surface area contributed by atoms with Crippen molar-refractivity contribution in [3.05, 3.63) is 0 Å². The molecule has 102 valence electrons. The minimum Gasteiger partial charge on any atom is -0.373 e. The molecule has 0 spiro atoms. The molecule has 1 aliphatic carbocycles. The van der Waals surface area contributed by atoms with Gasteiger partial charge in [-0.25, -0.2) is 0 Å². The van der Waals surface area contributed by atoms with Gasteiger partial charge < -0.3 is 10.1 Å². The van der Waals surface area contributed by atoms with Crippen LogP contribution in [-0.4, -0.2) is 24.8 Å². The molecule has 17 heavy (non-hydrogen) atoms. The number of ether oxygens (including phenoxy) is 1. The van der Waals surface area contributed by atoms with E-state index >= 15 is 0 Å². The van der Waals surface area contributed by atoms with E-state index in [0.29, 0.717) is 12.0 Å². The van der Waals surface area contributed by atoms with E-state index in [1.807, 2.05) is 0 Å². The van der Waals surface area contributed by atoms with Crippen molar-refractivity contribution >= 4 is 0 Å². The summed E-state index contributed by atoms with van der Waals surface area (Å²) in [7, 11) is 0. The molecule has 2 nitrogen and oxygen atoms in total. The van der Waals surface area contributed by atoms with Crippen molar-refractivity contribution in [3.63, 3.8) is 0 Å². The minimum atomic E-state index is 0.112. The van der Waals surface area contributed by atoms with E-state index in [9.17, 15) is 0 Å². The monoisotopic (exact) mass is 241 g/mol. The normalized spacial score (nSPS) is 30.2. The van der Waals surface area contributed by atoms with Gasteiger partial charge in [-0.15, -0.1) is 0 Å². The van der Waals surface area contributed by atoms with Gasteiger partial charge in [0.2, 0.25) is 0 Å². The van der Waals surface area contributed by atoms with Gasteiger partial charge in [0.25, 0.3) is 0 Å². The lowest BCUT2D eigenvalue weighted by atomic mass is 9.79. The molecule has 0 amide bonds. The Hall–Kier alpha value is -0.0800. The van der Waals surface area contributed by atoms with Crippen molar-refractivity contribution in [2.45, 2.75) is 71.9 Å². The summed E-state index contributed by atoms with van der Waals surface area (Å²) < 4.78 is 6.27. The van der Waals surface area contributed by atoms with Crippen molar-refractivity contribution in [2.24, 2.45) is 11.8 Å². The predicted molar refractivity (Wildman–Crippen MR) is 74.3 cm³/mol. The molecule has 0 heterocycles. The third-order valence-electron chi connectivity index (χ3n) is 3.74. The Balaban J connectivity index is 2.50. The van der Waals surface area contributed by atoms with E-state index in [0.717, 1.165) is 19.1 Å². The van der Waals surface area contributed by atoms with Gasteiger partial charge in [-0.3, -0.25) is 0 Å². The average Bonchev–Trinajstić information content (AvgIpc) is 2.27. The van der Waals surface area contributed by atoms with Gasteiger partial charge in [0.1, 0.15) is 0 Å². The minimum absolute atomic E-state index is 0.112. The molecule has 1 N–H and O–H groups in total. The molecular formula is C15H31NO. The van der Waals surface area contributed by atoms with Crippen LogP contribution in [-0.2, 0) is 4.74 Å². The summed E-state index contributed by atoms with van der Waals surface area (Å²) in [6, 6.07) is 0.550. The van der Waals surface area contributed by atoms with Crippen molar-refractivity contribution in [1.29, 1.82) is 0 Å². The molecule has 0 aliphatic heterocycles. The standard InChI is InChI=1S/C15H31NO/c1-12(2)10-17-15(11-16-13(3)4)8-6-14(5)7-9-15/h12-14,16H,6-11H2,1-5H3. The molecule has 0 radical (unpaired) electrons. The molecule has 2 heteroatoms. The van der Waals surface area contributed by atoms with Crippen LogP contribution >= 0.6 is 0 Å². The van der Waals surface area contributed by atoms with Gasteiger partial charge in [0.05, 0.1) is 5.60 Å². The van der Waals surface area contributed by atoms with Gasteiger partial charge in [0.15, 0.2) is 0 Å². The maximum absolute atomic E-state index is 6.27. The summed E-state index contributed by atoms with van der Waals surface area (Å²) >= 11 is 0. The van der Waals surface area contributed by atoms with Crippen LogP contribution in [0.4, 0.5) is 0 Å². The van der Waals surface area contributed by atoms with Crippen molar-refractivity contribution in [3.8, 4) is 0 Å². The Morgan fingerprint density at radius 1 is 1.18 bits per heavy atom. The lowest BCUT2D eigenvalue weighted by Crippen LogP contribution is -2.48. The maximum Gasteiger partial charge on any atom is 0.0806 e. The largest absolute Gasteiger partial charge is 0.373 e. The van der Waals surface area contributed by atoms with Gasteiger partial charge in [-0.05, 0) is 37.5 Å². The molecule has 0 saturated heterocycles. The van der Waals surface area contributed by atoms with Crippen LogP contribution in [0.3, 0.4) is 0 Å².